The van der Waals surface area contributed by atoms with Gasteiger partial charge in [0.1, 0.15) is 19.0 Å². The molecule has 0 spiro atoms. The molecule has 0 aliphatic carbocycles. The van der Waals surface area contributed by atoms with E-state index in [1.165, 1.54) is 12.1 Å². The topological polar surface area (TPSA) is 18.5 Å². The van der Waals surface area contributed by atoms with Crippen molar-refractivity contribution in [2.75, 3.05) is 13.2 Å². The Morgan fingerprint density at radius 3 is 2.43 bits per heavy atom. The first kappa shape index (κ1) is 15.1. The van der Waals surface area contributed by atoms with E-state index in [9.17, 15) is 4.39 Å². The highest BCUT2D eigenvalue weighted by molar-refractivity contribution is 9.11. The minimum absolute atomic E-state index is 0.317. The molecule has 0 fully saturated rings. The summed E-state index contributed by atoms with van der Waals surface area (Å²) in [4.78, 5) is -0.346. The lowest BCUT2D eigenvalue weighted by atomic mass is 10.0. The van der Waals surface area contributed by atoms with Crippen LogP contribution in [0.3, 0.4) is 0 Å². The van der Waals surface area contributed by atoms with E-state index in [1.807, 2.05) is 12.1 Å². The average molecular weight is 437 g/mol. The van der Waals surface area contributed by atoms with E-state index in [0.29, 0.717) is 35.3 Å². The van der Waals surface area contributed by atoms with E-state index < -0.39 is 0 Å². The lowest BCUT2D eigenvalue weighted by Crippen LogP contribution is -2.15. The number of hydrogen-bond donors (Lipinski definition) is 0. The first-order valence-corrected chi connectivity index (χ1v) is 8.33. The molecule has 0 aromatic heterocycles. The molecule has 2 nitrogen and oxygen atoms in total. The molecule has 1 aliphatic rings. The van der Waals surface area contributed by atoms with Gasteiger partial charge >= 0.3 is 0 Å². The second-order valence-corrected chi connectivity index (χ2v) is 6.75. The number of rotatable bonds is 2. The summed E-state index contributed by atoms with van der Waals surface area (Å²) in [5.41, 5.74) is 1.32. The van der Waals surface area contributed by atoms with Gasteiger partial charge in [-0.15, -0.1) is 0 Å². The Hall–Kier alpha value is -0.780. The van der Waals surface area contributed by atoms with Gasteiger partial charge in [0, 0.05) is 15.1 Å². The van der Waals surface area contributed by atoms with Crippen molar-refractivity contribution in [1.82, 2.24) is 0 Å². The van der Waals surface area contributed by atoms with Gasteiger partial charge in [0.25, 0.3) is 0 Å². The van der Waals surface area contributed by atoms with Crippen LogP contribution in [-0.4, -0.2) is 13.2 Å². The highest BCUT2D eigenvalue weighted by Gasteiger charge is 2.22. The minimum Gasteiger partial charge on any atom is -0.486 e. The Kier molecular flexibility index (Phi) is 4.43. The molecule has 3 rings (SSSR count). The zero-order valence-corrected chi connectivity index (χ0v) is 14.6. The van der Waals surface area contributed by atoms with Gasteiger partial charge < -0.3 is 9.47 Å². The van der Waals surface area contributed by atoms with Crippen LogP contribution in [0.5, 0.6) is 11.5 Å². The number of halogens is 4. The van der Waals surface area contributed by atoms with Crippen molar-refractivity contribution >= 4 is 43.5 Å². The third-order valence-electron chi connectivity index (χ3n) is 3.17. The molecule has 1 aliphatic heterocycles. The van der Waals surface area contributed by atoms with Crippen LogP contribution < -0.4 is 9.47 Å². The fourth-order valence-electron chi connectivity index (χ4n) is 2.15. The summed E-state index contributed by atoms with van der Waals surface area (Å²) in [6, 6.07) is 8.18. The third-order valence-corrected chi connectivity index (χ3v) is 5.07. The van der Waals surface area contributed by atoms with E-state index in [0.717, 1.165) is 10.0 Å². The predicted molar refractivity (Wildman–Crippen MR) is 87.3 cm³/mol. The Bertz CT molecular complexity index is 694. The van der Waals surface area contributed by atoms with Crippen molar-refractivity contribution in [3.63, 3.8) is 0 Å². The molecule has 1 unspecified atom stereocenters. The Morgan fingerprint density at radius 1 is 1.05 bits per heavy atom. The van der Waals surface area contributed by atoms with Gasteiger partial charge in [0.05, 0.1) is 4.83 Å². The Morgan fingerprint density at radius 2 is 1.71 bits per heavy atom. The predicted octanol–water partition coefficient (Wildman–Crippen LogP) is 5.50. The molecule has 110 valence electrons. The lowest BCUT2D eigenvalue weighted by molar-refractivity contribution is 0.171. The van der Waals surface area contributed by atoms with Crippen molar-refractivity contribution < 1.29 is 13.9 Å². The highest BCUT2D eigenvalue weighted by atomic mass is 79.9. The van der Waals surface area contributed by atoms with E-state index in [2.05, 4.69) is 31.9 Å². The fraction of sp³-hybridized carbons (Fsp3) is 0.200. The van der Waals surface area contributed by atoms with Crippen LogP contribution >= 0.6 is 43.5 Å². The molecule has 0 saturated carbocycles. The van der Waals surface area contributed by atoms with Gasteiger partial charge in [-0.3, -0.25) is 0 Å². The van der Waals surface area contributed by atoms with Crippen molar-refractivity contribution in [3.8, 4) is 11.5 Å². The molecular formula is C15H10Br2ClFO2. The van der Waals surface area contributed by atoms with Gasteiger partial charge in [-0.2, -0.15) is 0 Å². The van der Waals surface area contributed by atoms with Gasteiger partial charge in [-0.1, -0.05) is 43.5 Å². The second kappa shape index (κ2) is 6.15. The molecule has 0 N–H and O–H groups in total. The van der Waals surface area contributed by atoms with Crippen LogP contribution in [0.25, 0.3) is 0 Å². The molecule has 0 radical (unpaired) electrons. The van der Waals surface area contributed by atoms with Gasteiger partial charge in [0.2, 0.25) is 0 Å². The monoisotopic (exact) mass is 434 g/mol. The van der Waals surface area contributed by atoms with Crippen molar-refractivity contribution in [2.45, 2.75) is 4.83 Å². The van der Waals surface area contributed by atoms with Gasteiger partial charge in [0.15, 0.2) is 11.5 Å². The zero-order valence-electron chi connectivity index (χ0n) is 10.7. The third kappa shape index (κ3) is 3.05. The SMILES string of the molecule is Fc1ccc(Cl)cc1C(Br)c1cc2c(cc1Br)OCCO2. The standard InChI is InChI=1S/C15H10Br2ClFO2/c16-11-7-14-13(20-3-4-21-14)6-9(11)15(17)10-5-8(18)1-2-12(10)19/h1-2,5-7,15H,3-4H2. The fourth-order valence-corrected chi connectivity index (χ4v) is 3.92. The van der Waals surface area contributed by atoms with Crippen LogP contribution in [0.4, 0.5) is 4.39 Å². The van der Waals surface area contributed by atoms with E-state index in [-0.39, 0.29) is 10.6 Å². The maximum atomic E-state index is 14.0. The molecule has 0 amide bonds. The molecule has 1 heterocycles. The summed E-state index contributed by atoms with van der Waals surface area (Å²) in [7, 11) is 0. The molecular weight excluding hydrogens is 426 g/mol. The number of ether oxygens (including phenoxy) is 2. The lowest BCUT2D eigenvalue weighted by Gasteiger charge is -2.21. The minimum atomic E-state index is -0.346. The van der Waals surface area contributed by atoms with Crippen molar-refractivity contribution in [1.29, 1.82) is 0 Å². The van der Waals surface area contributed by atoms with Crippen molar-refractivity contribution in [2.24, 2.45) is 0 Å². The van der Waals surface area contributed by atoms with Crippen LogP contribution in [0.2, 0.25) is 5.02 Å². The van der Waals surface area contributed by atoms with Crippen LogP contribution in [0.1, 0.15) is 16.0 Å². The Labute approximate surface area is 143 Å². The largest absolute Gasteiger partial charge is 0.486 e. The smallest absolute Gasteiger partial charge is 0.162 e. The highest BCUT2D eigenvalue weighted by Crippen LogP contribution is 2.43. The first-order valence-electron chi connectivity index (χ1n) is 6.24. The molecule has 6 heteroatoms. The second-order valence-electron chi connectivity index (χ2n) is 4.55. The quantitative estimate of drug-likeness (QED) is 0.579. The molecule has 2 aromatic rings. The summed E-state index contributed by atoms with van der Waals surface area (Å²) in [6.07, 6.45) is 0. The number of fused-ring (bicyclic) bond motifs is 1. The zero-order chi connectivity index (χ0) is 15.0. The van der Waals surface area contributed by atoms with E-state index in [1.54, 1.807) is 6.07 Å². The molecule has 2 aromatic carbocycles. The van der Waals surface area contributed by atoms with Gasteiger partial charge in [-0.25, -0.2) is 4.39 Å². The molecule has 21 heavy (non-hydrogen) atoms. The van der Waals surface area contributed by atoms with Crippen LogP contribution in [0.15, 0.2) is 34.8 Å². The summed E-state index contributed by atoms with van der Waals surface area (Å²) in [6.45, 7) is 1.03. The summed E-state index contributed by atoms with van der Waals surface area (Å²) < 4.78 is 25.9. The number of alkyl halides is 1. The Balaban J connectivity index is 2.05. The first-order chi connectivity index (χ1) is 10.1. The number of hydrogen-bond acceptors (Lipinski definition) is 2. The normalized spacial score (nSPS) is 14.9. The maximum Gasteiger partial charge on any atom is 0.162 e. The summed E-state index contributed by atoms with van der Waals surface area (Å²) in [5, 5.41) is 0.490. The molecule has 0 bridgehead atoms. The molecule has 0 saturated heterocycles. The maximum absolute atomic E-state index is 14.0. The average Bonchev–Trinajstić information content (AvgIpc) is 2.48. The summed E-state index contributed by atoms with van der Waals surface area (Å²) >= 11 is 13.0. The van der Waals surface area contributed by atoms with E-state index >= 15 is 0 Å². The van der Waals surface area contributed by atoms with E-state index in [4.69, 9.17) is 21.1 Å². The van der Waals surface area contributed by atoms with Crippen LogP contribution in [-0.2, 0) is 0 Å². The van der Waals surface area contributed by atoms with Gasteiger partial charge in [-0.05, 0) is 35.9 Å². The number of benzene rings is 2. The van der Waals surface area contributed by atoms with Crippen molar-refractivity contribution in [3.05, 3.63) is 56.8 Å². The molecule has 1 atom stereocenters. The van der Waals surface area contributed by atoms with Crippen LogP contribution in [0, 0.1) is 5.82 Å². The summed E-state index contributed by atoms with van der Waals surface area (Å²) in [5.74, 6) is 1.03.